The summed E-state index contributed by atoms with van der Waals surface area (Å²) in [7, 11) is 4.37. The Kier molecular flexibility index (Phi) is 8.98. The molecule has 1 aliphatic rings. The number of rotatable bonds is 9. The minimum absolute atomic E-state index is 0.0872. The zero-order chi connectivity index (χ0) is 31.5. The number of amides is 2. The molecular weight excluding hydrogens is 584 g/mol. The van der Waals surface area contributed by atoms with E-state index in [1.807, 2.05) is 43.3 Å². The summed E-state index contributed by atoms with van der Waals surface area (Å²) in [5.41, 5.74) is 3.85. The predicted molar refractivity (Wildman–Crippen MR) is 169 cm³/mol. The number of nitrogens with one attached hydrogen (secondary N) is 3. The van der Waals surface area contributed by atoms with Crippen molar-refractivity contribution in [1.82, 2.24) is 24.8 Å². The average molecular weight is 617 g/mol. The molecule has 1 saturated heterocycles. The van der Waals surface area contributed by atoms with Crippen LogP contribution in [0, 0.1) is 6.92 Å². The Bertz CT molecular complexity index is 1880. The van der Waals surface area contributed by atoms with E-state index >= 15 is 0 Å². The number of aromatic nitrogens is 3. The lowest BCUT2D eigenvalue weighted by Gasteiger charge is -2.16. The second-order valence-electron chi connectivity index (χ2n) is 10.7. The Morgan fingerprint density at radius 2 is 1.80 bits per heavy atom. The molecule has 4 aromatic rings. The van der Waals surface area contributed by atoms with Crippen LogP contribution in [0.25, 0.3) is 22.4 Å². The first-order valence-corrected chi connectivity index (χ1v) is 14.5. The molecule has 228 valence electrons. The number of pyridine rings is 1. The van der Waals surface area contributed by atoms with Crippen molar-refractivity contribution in [1.29, 1.82) is 0 Å². The third kappa shape index (κ3) is 6.15. The number of nitrogens with zero attached hydrogens (tertiary/aromatic N) is 3. The molecule has 3 heterocycles. The largest absolute Gasteiger partial charge is 0.481 e. The molecule has 12 heteroatoms. The van der Waals surface area contributed by atoms with Crippen LogP contribution in [0.5, 0.6) is 5.88 Å². The molecule has 0 spiro atoms. The van der Waals surface area contributed by atoms with Gasteiger partial charge in [0.1, 0.15) is 5.56 Å². The highest BCUT2D eigenvalue weighted by Crippen LogP contribution is 2.38. The summed E-state index contributed by atoms with van der Waals surface area (Å²) in [6.45, 7) is 3.18. The molecule has 2 amide bonds. The van der Waals surface area contributed by atoms with Crippen LogP contribution < -0.4 is 31.9 Å². The van der Waals surface area contributed by atoms with E-state index in [4.69, 9.17) is 21.3 Å². The molecule has 1 atom stereocenters. The van der Waals surface area contributed by atoms with Crippen molar-refractivity contribution in [2.75, 3.05) is 19.0 Å². The smallest absolute Gasteiger partial charge is 0.330 e. The Morgan fingerprint density at radius 3 is 2.52 bits per heavy atom. The van der Waals surface area contributed by atoms with Crippen LogP contribution in [0.3, 0.4) is 0 Å². The minimum atomic E-state index is -0.700. The fourth-order valence-electron chi connectivity index (χ4n) is 5.34. The van der Waals surface area contributed by atoms with Crippen LogP contribution in [0.2, 0.25) is 5.02 Å². The molecule has 44 heavy (non-hydrogen) atoms. The topological polar surface area (TPSA) is 136 Å². The van der Waals surface area contributed by atoms with Gasteiger partial charge in [-0.25, -0.2) is 9.78 Å². The Balaban J connectivity index is 1.40. The third-order valence-corrected chi connectivity index (χ3v) is 8.17. The van der Waals surface area contributed by atoms with E-state index in [-0.39, 0.29) is 17.5 Å². The maximum Gasteiger partial charge on any atom is 0.330 e. The number of aryl methyl sites for hydroxylation is 1. The van der Waals surface area contributed by atoms with Gasteiger partial charge < -0.3 is 25.3 Å². The van der Waals surface area contributed by atoms with Crippen molar-refractivity contribution in [3.63, 3.8) is 0 Å². The highest BCUT2D eigenvalue weighted by atomic mass is 35.5. The van der Waals surface area contributed by atoms with Gasteiger partial charge in [0.25, 0.3) is 11.5 Å². The van der Waals surface area contributed by atoms with E-state index in [1.165, 1.54) is 24.9 Å². The maximum absolute atomic E-state index is 13.1. The van der Waals surface area contributed by atoms with Crippen LogP contribution in [0.15, 0.2) is 64.3 Å². The van der Waals surface area contributed by atoms with E-state index in [0.29, 0.717) is 41.7 Å². The van der Waals surface area contributed by atoms with E-state index in [1.54, 1.807) is 19.2 Å². The van der Waals surface area contributed by atoms with Crippen molar-refractivity contribution < 1.29 is 14.3 Å². The number of benzene rings is 2. The van der Waals surface area contributed by atoms with Gasteiger partial charge in [-0.2, -0.15) is 0 Å². The van der Waals surface area contributed by atoms with E-state index in [9.17, 15) is 19.2 Å². The summed E-state index contributed by atoms with van der Waals surface area (Å²) >= 11 is 6.83. The van der Waals surface area contributed by atoms with Crippen molar-refractivity contribution >= 4 is 29.1 Å². The number of carbonyl (C=O) groups is 2. The molecule has 11 nitrogen and oxygen atoms in total. The number of ether oxygens (including phenoxy) is 1. The van der Waals surface area contributed by atoms with Gasteiger partial charge in [0, 0.05) is 62.5 Å². The lowest BCUT2D eigenvalue weighted by molar-refractivity contribution is -0.119. The second-order valence-corrected chi connectivity index (χ2v) is 11.1. The quantitative estimate of drug-likeness (QED) is 0.262. The number of methoxy groups -OCH3 is 1. The summed E-state index contributed by atoms with van der Waals surface area (Å²) in [5, 5.41) is 9.35. The number of hydrogen-bond acceptors (Lipinski definition) is 7. The molecule has 1 fully saturated rings. The summed E-state index contributed by atoms with van der Waals surface area (Å²) < 4.78 is 7.67. The van der Waals surface area contributed by atoms with E-state index in [2.05, 4.69) is 16.0 Å². The van der Waals surface area contributed by atoms with Gasteiger partial charge in [-0.05, 0) is 36.6 Å². The molecule has 1 aliphatic heterocycles. The molecule has 2 aromatic heterocycles. The monoisotopic (exact) mass is 616 g/mol. The van der Waals surface area contributed by atoms with Gasteiger partial charge in [-0.3, -0.25) is 19.0 Å². The molecule has 5 rings (SSSR count). The maximum atomic E-state index is 13.1. The number of halogens is 1. The van der Waals surface area contributed by atoms with E-state index < -0.39 is 17.2 Å². The first-order valence-electron chi connectivity index (χ1n) is 14.1. The highest BCUT2D eigenvalue weighted by Gasteiger charge is 2.21. The van der Waals surface area contributed by atoms with Gasteiger partial charge >= 0.3 is 5.69 Å². The molecule has 0 radical (unpaired) electrons. The fourth-order valence-corrected chi connectivity index (χ4v) is 5.61. The second kappa shape index (κ2) is 12.9. The van der Waals surface area contributed by atoms with E-state index in [0.717, 1.165) is 38.9 Å². The number of carbonyl (C=O) groups excluding carboxylic acids is 2. The Morgan fingerprint density at radius 1 is 1.07 bits per heavy atom. The number of anilines is 1. The molecule has 0 bridgehead atoms. The fraction of sp³-hybridized carbons (Fsp3) is 0.281. The molecule has 1 unspecified atom stereocenters. The average Bonchev–Trinajstić information content (AvgIpc) is 3.44. The van der Waals surface area contributed by atoms with Crippen LogP contribution in [-0.4, -0.2) is 45.6 Å². The Hall–Kier alpha value is -4.74. The minimum Gasteiger partial charge on any atom is -0.481 e. The van der Waals surface area contributed by atoms with Crippen molar-refractivity contribution in [3.05, 3.63) is 97.3 Å². The van der Waals surface area contributed by atoms with Crippen molar-refractivity contribution in [2.45, 2.75) is 32.4 Å². The highest BCUT2D eigenvalue weighted by molar-refractivity contribution is 6.36. The third-order valence-electron chi connectivity index (χ3n) is 7.76. The van der Waals surface area contributed by atoms with Crippen LogP contribution in [-0.2, 0) is 25.4 Å². The standard InChI is InChI=1S/C32H33ClN6O5/c1-18-21(23-9-6-10-26(28(23)33)36-29(41)24-17-38(2)32(43)39(3)31(24)42)7-5-8-22(18)25-13-11-19(30(37-25)44-4)15-34-16-20-12-14-27(40)35-20/h5-11,13,17,20,34H,12,14-16H2,1-4H3,(H,35,40)(H,36,41). The lowest BCUT2D eigenvalue weighted by Crippen LogP contribution is -2.40. The first-order chi connectivity index (χ1) is 21.1. The normalized spacial score (nSPS) is 14.4. The molecular formula is C32H33ClN6O5. The molecule has 3 N–H and O–H groups in total. The molecule has 2 aromatic carbocycles. The van der Waals surface area contributed by atoms with Gasteiger partial charge in [0.15, 0.2) is 0 Å². The van der Waals surface area contributed by atoms with Gasteiger partial charge in [-0.15, -0.1) is 0 Å². The van der Waals surface area contributed by atoms with Gasteiger partial charge in [0.2, 0.25) is 11.8 Å². The predicted octanol–water partition coefficient (Wildman–Crippen LogP) is 3.40. The number of hydrogen-bond donors (Lipinski definition) is 3. The molecule has 0 aliphatic carbocycles. The summed E-state index contributed by atoms with van der Waals surface area (Å²) in [4.78, 5) is 53.9. The summed E-state index contributed by atoms with van der Waals surface area (Å²) in [6.07, 6.45) is 2.60. The molecule has 0 saturated carbocycles. The van der Waals surface area contributed by atoms with Crippen molar-refractivity contribution in [2.24, 2.45) is 14.1 Å². The summed E-state index contributed by atoms with van der Waals surface area (Å²) in [5.74, 6) is -0.0868. The zero-order valence-corrected chi connectivity index (χ0v) is 25.6. The SMILES string of the molecule is COc1nc(-c2cccc(-c3cccc(NC(=O)c4cn(C)c(=O)n(C)c4=O)c3Cl)c2C)ccc1CNCC1CCC(=O)N1. The summed E-state index contributed by atoms with van der Waals surface area (Å²) in [6, 6.07) is 15.1. The lowest BCUT2D eigenvalue weighted by atomic mass is 9.94. The zero-order valence-electron chi connectivity index (χ0n) is 24.9. The van der Waals surface area contributed by atoms with Crippen LogP contribution in [0.4, 0.5) is 5.69 Å². The van der Waals surface area contributed by atoms with Crippen LogP contribution in [0.1, 0.15) is 34.3 Å². The Labute approximate surface area is 258 Å². The van der Waals surface area contributed by atoms with Crippen molar-refractivity contribution in [3.8, 4) is 28.3 Å². The van der Waals surface area contributed by atoms with Gasteiger partial charge in [0.05, 0.1) is 23.5 Å². The first kappa shape index (κ1) is 30.7. The van der Waals surface area contributed by atoms with Crippen LogP contribution >= 0.6 is 11.6 Å². The van der Waals surface area contributed by atoms with Gasteiger partial charge in [-0.1, -0.05) is 48.0 Å².